The van der Waals surface area contributed by atoms with Crippen LogP contribution in [0, 0.1) is 0 Å². The first-order valence-corrected chi connectivity index (χ1v) is 4.48. The summed E-state index contributed by atoms with van der Waals surface area (Å²) in [7, 11) is 0. The summed E-state index contributed by atoms with van der Waals surface area (Å²) in [5.74, 6) is 0.505. The smallest absolute Gasteiger partial charge is 0.396 e. The molecule has 3 heteroatoms. The number of rotatable bonds is 2. The van der Waals surface area contributed by atoms with Crippen LogP contribution in [0.4, 0.5) is 0 Å². The molecule has 66 valence electrons. The van der Waals surface area contributed by atoms with Gasteiger partial charge in [0.15, 0.2) is 0 Å². The molecule has 0 spiro atoms. The van der Waals surface area contributed by atoms with Gasteiger partial charge in [0.05, 0.1) is 4.88 Å². The van der Waals surface area contributed by atoms with Crippen LogP contribution in [-0.4, -0.2) is 0 Å². The van der Waals surface area contributed by atoms with Crippen LogP contribution in [0.2, 0.25) is 0 Å². The van der Waals surface area contributed by atoms with Crippen molar-refractivity contribution in [3.8, 4) is 0 Å². The predicted molar refractivity (Wildman–Crippen MR) is 54.4 cm³/mol. The van der Waals surface area contributed by atoms with Crippen LogP contribution >= 0.6 is 11.3 Å². The highest BCUT2D eigenvalue weighted by Gasteiger charge is 2.01. The average Bonchev–Trinajstić information content (AvgIpc) is 2.49. The molecule has 0 aliphatic heterocycles. The molecule has 0 amide bonds. The van der Waals surface area contributed by atoms with Crippen molar-refractivity contribution in [2.75, 3.05) is 0 Å². The van der Waals surface area contributed by atoms with Crippen LogP contribution in [0.3, 0.4) is 0 Å². The van der Waals surface area contributed by atoms with Gasteiger partial charge in [-0.25, -0.2) is 4.79 Å². The fourth-order valence-electron chi connectivity index (χ4n) is 0.586. The molecule has 0 aromatic carbocycles. The summed E-state index contributed by atoms with van der Waals surface area (Å²) < 4.78 is 4.73. The Hall–Kier alpha value is -1.09. The highest BCUT2D eigenvalue weighted by molar-refractivity contribution is 7.10. The molecule has 0 atom stereocenters. The minimum absolute atomic E-state index is 0.315. The van der Waals surface area contributed by atoms with Gasteiger partial charge < -0.3 is 4.42 Å². The Morgan fingerprint density at radius 1 is 1.33 bits per heavy atom. The van der Waals surface area contributed by atoms with Gasteiger partial charge in [-0.2, -0.15) is 0 Å². The lowest BCUT2D eigenvalue weighted by atomic mass is 10.4. The largest absolute Gasteiger partial charge is 0.414 e. The lowest BCUT2D eigenvalue weighted by Crippen LogP contribution is -1.80. The third-order valence-electron chi connectivity index (χ3n) is 1.00. The maximum atomic E-state index is 10.6. The third kappa shape index (κ3) is 2.51. The molecule has 0 N–H and O–H groups in total. The van der Waals surface area contributed by atoms with E-state index < -0.39 is 0 Å². The summed E-state index contributed by atoms with van der Waals surface area (Å²) >= 11 is 1.03. The average molecular weight is 184 g/mol. The first kappa shape index (κ1) is 10.9. The van der Waals surface area contributed by atoms with Crippen LogP contribution in [0.15, 0.2) is 22.4 Å². The minimum atomic E-state index is -0.315. The van der Waals surface area contributed by atoms with E-state index in [9.17, 15) is 4.79 Å². The first-order valence-electron chi connectivity index (χ1n) is 3.66. The van der Waals surface area contributed by atoms with Gasteiger partial charge in [0.25, 0.3) is 0 Å². The van der Waals surface area contributed by atoms with Gasteiger partial charge in [-0.1, -0.05) is 38.3 Å². The maximum Gasteiger partial charge on any atom is 0.396 e. The monoisotopic (exact) mass is 184 g/mol. The van der Waals surface area contributed by atoms with E-state index >= 15 is 0 Å². The maximum absolute atomic E-state index is 10.6. The zero-order chi connectivity index (χ0) is 9.56. The molecule has 1 heterocycles. The van der Waals surface area contributed by atoms with Gasteiger partial charge in [-0.05, 0) is 12.2 Å². The number of hydrogen-bond donors (Lipinski definition) is 0. The van der Waals surface area contributed by atoms with Gasteiger partial charge >= 0.3 is 4.94 Å². The molecule has 0 bridgehead atoms. The molecule has 0 fully saturated rings. The minimum Gasteiger partial charge on any atom is -0.414 e. The van der Waals surface area contributed by atoms with E-state index in [1.54, 1.807) is 6.08 Å². The Labute approximate surface area is 75.9 Å². The molecule has 0 aliphatic rings. The molecular weight excluding hydrogens is 172 g/mol. The normalized spacial score (nSPS) is 8.17. The van der Waals surface area contributed by atoms with E-state index in [1.165, 1.54) is 6.08 Å². The predicted octanol–water partition coefficient (Wildman–Crippen LogP) is 3.01. The quantitative estimate of drug-likeness (QED) is 0.707. The van der Waals surface area contributed by atoms with Crippen molar-refractivity contribution in [1.29, 1.82) is 0 Å². The van der Waals surface area contributed by atoms with E-state index in [4.69, 9.17) is 4.42 Å². The Morgan fingerprint density at radius 3 is 2.25 bits per heavy atom. The van der Waals surface area contributed by atoms with E-state index in [0.717, 1.165) is 16.2 Å². The summed E-state index contributed by atoms with van der Waals surface area (Å²) in [6.07, 6.45) is 3.07. The van der Waals surface area contributed by atoms with Crippen molar-refractivity contribution in [3.05, 3.63) is 33.5 Å². The molecule has 12 heavy (non-hydrogen) atoms. The van der Waals surface area contributed by atoms with Crippen molar-refractivity contribution in [1.82, 2.24) is 0 Å². The molecule has 1 aromatic heterocycles. The van der Waals surface area contributed by atoms with Crippen LogP contribution in [0.5, 0.6) is 0 Å². The molecule has 0 radical (unpaired) electrons. The first-order chi connectivity index (χ1) is 5.77. The highest BCUT2D eigenvalue weighted by atomic mass is 32.1. The highest BCUT2D eigenvalue weighted by Crippen LogP contribution is 2.13. The second kappa shape index (κ2) is 5.55. The summed E-state index contributed by atoms with van der Waals surface area (Å²) in [5, 5.41) is 0. The van der Waals surface area contributed by atoms with Gasteiger partial charge in [0, 0.05) is 0 Å². The van der Waals surface area contributed by atoms with Crippen molar-refractivity contribution in [3.63, 3.8) is 0 Å². The lowest BCUT2D eigenvalue weighted by molar-refractivity contribution is 0.527. The third-order valence-corrected chi connectivity index (χ3v) is 1.84. The van der Waals surface area contributed by atoms with Crippen molar-refractivity contribution < 1.29 is 4.42 Å². The molecule has 0 aliphatic carbocycles. The second-order valence-corrected chi connectivity index (χ2v) is 2.57. The molecule has 1 rings (SSSR count). The fraction of sp³-hybridized carbons (Fsp3) is 0.222. The van der Waals surface area contributed by atoms with Gasteiger partial charge in [0.1, 0.15) is 5.76 Å². The van der Waals surface area contributed by atoms with Gasteiger partial charge in [0.2, 0.25) is 0 Å². The lowest BCUT2D eigenvalue weighted by Gasteiger charge is -1.81. The zero-order valence-corrected chi connectivity index (χ0v) is 8.11. The van der Waals surface area contributed by atoms with E-state index in [2.05, 4.69) is 13.2 Å². The van der Waals surface area contributed by atoms with Crippen LogP contribution in [0.25, 0.3) is 12.2 Å². The Bertz CT molecular complexity index is 278. The Morgan fingerprint density at radius 2 is 1.92 bits per heavy atom. The van der Waals surface area contributed by atoms with Gasteiger partial charge in [-0.15, -0.1) is 0 Å². The van der Waals surface area contributed by atoms with Crippen molar-refractivity contribution in [2.45, 2.75) is 13.8 Å². The van der Waals surface area contributed by atoms with Gasteiger partial charge in [-0.3, -0.25) is 0 Å². The van der Waals surface area contributed by atoms with Crippen LogP contribution < -0.4 is 4.94 Å². The molecule has 1 aromatic rings. The zero-order valence-electron chi connectivity index (χ0n) is 7.29. The van der Waals surface area contributed by atoms with Crippen molar-refractivity contribution >= 4 is 23.5 Å². The Balaban J connectivity index is 0.000000561. The second-order valence-electron chi connectivity index (χ2n) is 1.59. The molecular formula is C9H12O2S. The topological polar surface area (TPSA) is 30.2 Å². The Kier molecular flexibility index (Phi) is 5.04. The molecule has 0 saturated carbocycles. The molecule has 2 nitrogen and oxygen atoms in total. The van der Waals surface area contributed by atoms with E-state index in [1.807, 2.05) is 13.8 Å². The molecule has 0 saturated heterocycles. The summed E-state index contributed by atoms with van der Waals surface area (Å²) in [6, 6.07) is 0. The summed E-state index contributed by atoms with van der Waals surface area (Å²) in [5.41, 5.74) is 0. The van der Waals surface area contributed by atoms with E-state index in [-0.39, 0.29) is 4.94 Å². The standard InChI is InChI=1S/C7H6O2S.C2H6/c1-3-5-6(4-2)10-7(8)9-5;1-2/h3-4H,1-2H2;1-2H3. The summed E-state index contributed by atoms with van der Waals surface area (Å²) in [6.45, 7) is 11.0. The SMILES string of the molecule is C=Cc1oc(=O)sc1C=C.CC. The fourth-order valence-corrected chi connectivity index (χ4v) is 1.21. The number of hydrogen-bond acceptors (Lipinski definition) is 3. The van der Waals surface area contributed by atoms with Crippen LogP contribution in [0.1, 0.15) is 24.5 Å². The van der Waals surface area contributed by atoms with Crippen molar-refractivity contribution in [2.24, 2.45) is 0 Å². The van der Waals surface area contributed by atoms with Crippen LogP contribution in [-0.2, 0) is 0 Å². The summed E-state index contributed by atoms with van der Waals surface area (Å²) in [4.78, 5) is 11.0. The van der Waals surface area contributed by atoms with E-state index in [0.29, 0.717) is 5.76 Å². The molecule has 0 unspecified atom stereocenters.